The minimum atomic E-state index is -1.05. The number of anilines is 2. The number of halogens is 2. The van der Waals surface area contributed by atoms with Crippen molar-refractivity contribution in [3.8, 4) is 10.7 Å². The summed E-state index contributed by atoms with van der Waals surface area (Å²) in [5.74, 6) is 0.399. The Morgan fingerprint density at radius 1 is 1.18 bits per heavy atom. The van der Waals surface area contributed by atoms with E-state index in [-0.39, 0.29) is 12.4 Å². The van der Waals surface area contributed by atoms with Crippen LogP contribution in [0.3, 0.4) is 0 Å². The molecule has 0 bridgehead atoms. The Morgan fingerprint density at radius 3 is 2.57 bits per heavy atom. The van der Waals surface area contributed by atoms with Gasteiger partial charge in [0.1, 0.15) is 11.9 Å². The van der Waals surface area contributed by atoms with Crippen molar-refractivity contribution in [1.29, 1.82) is 0 Å². The largest absolute Gasteiger partial charge is 0.480 e. The maximum Gasteiger partial charge on any atom is 0.325 e. The zero-order valence-electron chi connectivity index (χ0n) is 14.7. The molecule has 3 aromatic rings. The minimum absolute atomic E-state index is 0. The fraction of sp³-hybridized carbons (Fsp3) is 0.211. The van der Waals surface area contributed by atoms with Crippen LogP contribution in [-0.2, 0) is 17.6 Å². The first-order valence-electron chi connectivity index (χ1n) is 8.52. The summed E-state index contributed by atoms with van der Waals surface area (Å²) in [6.07, 6.45) is 2.93. The lowest BCUT2D eigenvalue weighted by molar-refractivity contribution is -0.138. The second-order valence-corrected chi connectivity index (χ2v) is 8.06. The number of nitrogens with two attached hydrogens (primary N) is 1. The van der Waals surface area contributed by atoms with Crippen LogP contribution in [0, 0.1) is 0 Å². The normalized spacial score (nSPS) is 13.5. The first-order chi connectivity index (χ1) is 13.0. The summed E-state index contributed by atoms with van der Waals surface area (Å²) in [4.78, 5) is 21.4. The van der Waals surface area contributed by atoms with Gasteiger partial charge in [0.25, 0.3) is 0 Å². The third kappa shape index (κ3) is 4.12. The smallest absolute Gasteiger partial charge is 0.325 e. The average molecular weight is 437 g/mol. The lowest BCUT2D eigenvalue weighted by atomic mass is 10.1. The quantitative estimate of drug-likeness (QED) is 0.540. The van der Waals surface area contributed by atoms with E-state index in [2.05, 4.69) is 5.32 Å². The van der Waals surface area contributed by atoms with Crippen LogP contribution in [0.5, 0.6) is 0 Å². The molecule has 0 saturated heterocycles. The number of rotatable bonds is 5. The Hall–Kier alpha value is -2.19. The van der Waals surface area contributed by atoms with Crippen molar-refractivity contribution < 1.29 is 9.90 Å². The number of thiophene rings is 1. The van der Waals surface area contributed by atoms with Crippen LogP contribution >= 0.6 is 35.3 Å². The van der Waals surface area contributed by atoms with Gasteiger partial charge >= 0.3 is 5.97 Å². The summed E-state index contributed by atoms with van der Waals surface area (Å²) < 4.78 is 0.703. The molecule has 0 spiro atoms. The second-order valence-electron chi connectivity index (χ2n) is 6.34. The Morgan fingerprint density at radius 2 is 1.93 bits per heavy atom. The molecule has 4 rings (SSSR count). The summed E-state index contributed by atoms with van der Waals surface area (Å²) in [7, 11) is 0. The van der Waals surface area contributed by atoms with Gasteiger partial charge in [-0.15, -0.1) is 23.7 Å². The topological polar surface area (TPSA) is 101 Å². The Balaban J connectivity index is 0.00000225. The fourth-order valence-electron chi connectivity index (χ4n) is 3.13. The van der Waals surface area contributed by atoms with E-state index in [0.717, 1.165) is 46.9 Å². The summed E-state index contributed by atoms with van der Waals surface area (Å²) in [6.45, 7) is 0. The highest BCUT2D eigenvalue weighted by Crippen LogP contribution is 2.34. The highest BCUT2D eigenvalue weighted by atomic mass is 35.5. The number of hydrogen-bond acceptors (Lipinski definition) is 6. The predicted molar refractivity (Wildman–Crippen MR) is 114 cm³/mol. The van der Waals surface area contributed by atoms with Crippen molar-refractivity contribution in [3.05, 3.63) is 57.6 Å². The van der Waals surface area contributed by atoms with E-state index < -0.39 is 12.0 Å². The average Bonchev–Trinajstić information content (AvgIpc) is 3.30. The lowest BCUT2D eigenvalue weighted by Crippen LogP contribution is -2.20. The second kappa shape index (κ2) is 8.45. The maximum absolute atomic E-state index is 11.0. The van der Waals surface area contributed by atoms with Crippen molar-refractivity contribution in [2.75, 3.05) is 5.32 Å². The van der Waals surface area contributed by atoms with Crippen molar-refractivity contribution >= 4 is 52.8 Å². The minimum Gasteiger partial charge on any atom is -0.480 e. The van der Waals surface area contributed by atoms with Gasteiger partial charge in [0.05, 0.1) is 9.21 Å². The van der Waals surface area contributed by atoms with Gasteiger partial charge < -0.3 is 16.2 Å². The first kappa shape index (κ1) is 20.5. The van der Waals surface area contributed by atoms with Crippen LogP contribution < -0.4 is 11.1 Å². The van der Waals surface area contributed by atoms with Gasteiger partial charge in [0.2, 0.25) is 0 Å². The highest BCUT2D eigenvalue weighted by molar-refractivity contribution is 7.19. The predicted octanol–water partition coefficient (Wildman–Crippen LogP) is 4.60. The molecule has 1 atom stereocenters. The molecule has 146 valence electrons. The molecule has 1 aliphatic rings. The molecule has 1 aromatic carbocycles. The van der Waals surface area contributed by atoms with Crippen LogP contribution in [0.1, 0.15) is 29.3 Å². The number of hydrogen-bond donors (Lipinski definition) is 3. The van der Waals surface area contributed by atoms with E-state index in [9.17, 15) is 4.79 Å². The third-order valence-corrected chi connectivity index (χ3v) is 5.75. The van der Waals surface area contributed by atoms with Crippen molar-refractivity contribution in [3.63, 3.8) is 0 Å². The number of aryl methyl sites for hydroxylation is 1. The van der Waals surface area contributed by atoms with E-state index in [1.807, 2.05) is 24.3 Å². The molecule has 0 aliphatic heterocycles. The molecular weight excluding hydrogens is 419 g/mol. The maximum atomic E-state index is 11.0. The Labute approximate surface area is 177 Å². The van der Waals surface area contributed by atoms with E-state index in [1.165, 1.54) is 11.3 Å². The summed E-state index contributed by atoms with van der Waals surface area (Å²) in [5.41, 5.74) is 9.22. The van der Waals surface area contributed by atoms with Crippen LogP contribution in [-0.4, -0.2) is 21.0 Å². The highest BCUT2D eigenvalue weighted by Gasteiger charge is 2.21. The molecule has 2 heterocycles. The molecule has 28 heavy (non-hydrogen) atoms. The number of aromatic nitrogens is 2. The molecule has 0 amide bonds. The fourth-order valence-corrected chi connectivity index (χ4v) is 4.11. The van der Waals surface area contributed by atoms with E-state index in [1.54, 1.807) is 12.1 Å². The van der Waals surface area contributed by atoms with Gasteiger partial charge in [0.15, 0.2) is 5.82 Å². The number of fused-ring (bicyclic) bond motifs is 1. The molecule has 1 unspecified atom stereocenters. The molecule has 4 N–H and O–H groups in total. The monoisotopic (exact) mass is 436 g/mol. The Kier molecular flexibility index (Phi) is 6.20. The SMILES string of the molecule is Cl.NC(C(=O)O)c1ccc(Nc2nc(-c3ccc(Cl)s3)nc3c2CCC3)cc1. The molecule has 2 aromatic heterocycles. The standard InChI is InChI=1S/C19H17ClN4O2S.ClH/c20-15-9-8-14(27-15)18-23-13-3-1-2-12(13)17(24-18)22-11-6-4-10(5-7-11)16(21)19(25)26;/h4-9,16H,1-3,21H2,(H,25,26)(H,22,23,24);1H. The van der Waals surface area contributed by atoms with Crippen molar-refractivity contribution in [2.24, 2.45) is 5.73 Å². The number of benzene rings is 1. The summed E-state index contributed by atoms with van der Waals surface area (Å²) in [5, 5.41) is 12.4. The number of carboxylic acid groups (broad SMARTS) is 1. The first-order valence-corrected chi connectivity index (χ1v) is 9.71. The molecule has 0 saturated carbocycles. The van der Waals surface area contributed by atoms with Gasteiger partial charge in [-0.05, 0) is 49.1 Å². The molecule has 0 fully saturated rings. The number of carbonyl (C=O) groups is 1. The number of nitrogens with zero attached hydrogens (tertiary/aromatic N) is 2. The van der Waals surface area contributed by atoms with Crippen molar-refractivity contribution in [1.82, 2.24) is 9.97 Å². The molecule has 9 heteroatoms. The van der Waals surface area contributed by atoms with Gasteiger partial charge in [-0.2, -0.15) is 0 Å². The van der Waals surface area contributed by atoms with Crippen LogP contribution in [0.25, 0.3) is 10.7 Å². The summed E-state index contributed by atoms with van der Waals surface area (Å²) >= 11 is 7.51. The van der Waals surface area contributed by atoms with E-state index in [4.69, 9.17) is 32.4 Å². The van der Waals surface area contributed by atoms with Gasteiger partial charge in [0, 0.05) is 16.9 Å². The zero-order valence-corrected chi connectivity index (χ0v) is 17.1. The third-order valence-electron chi connectivity index (χ3n) is 4.53. The lowest BCUT2D eigenvalue weighted by Gasteiger charge is -2.13. The van der Waals surface area contributed by atoms with E-state index in [0.29, 0.717) is 15.7 Å². The van der Waals surface area contributed by atoms with Gasteiger partial charge in [-0.3, -0.25) is 4.79 Å². The Bertz CT molecular complexity index is 1010. The summed E-state index contributed by atoms with van der Waals surface area (Å²) in [6, 6.07) is 9.78. The number of carboxylic acids is 1. The van der Waals surface area contributed by atoms with Gasteiger partial charge in [-0.1, -0.05) is 23.7 Å². The zero-order chi connectivity index (χ0) is 19.0. The van der Waals surface area contributed by atoms with Crippen LogP contribution in [0.2, 0.25) is 4.34 Å². The van der Waals surface area contributed by atoms with Crippen LogP contribution in [0.4, 0.5) is 11.5 Å². The molecular formula is C19H18Cl2N4O2S. The molecule has 0 radical (unpaired) electrons. The van der Waals surface area contributed by atoms with E-state index >= 15 is 0 Å². The van der Waals surface area contributed by atoms with Gasteiger partial charge in [-0.25, -0.2) is 9.97 Å². The molecule has 6 nitrogen and oxygen atoms in total. The van der Waals surface area contributed by atoms with Crippen molar-refractivity contribution in [2.45, 2.75) is 25.3 Å². The number of nitrogens with one attached hydrogen (secondary N) is 1. The molecule has 1 aliphatic carbocycles. The number of aliphatic carboxylic acids is 1. The van der Waals surface area contributed by atoms with Crippen LogP contribution in [0.15, 0.2) is 36.4 Å².